The molecule has 0 spiro atoms. The van der Waals surface area contributed by atoms with E-state index in [1.54, 1.807) is 32.0 Å². The summed E-state index contributed by atoms with van der Waals surface area (Å²) < 4.78 is 44.2. The Kier molecular flexibility index (Phi) is 6.64. The number of rotatable bonds is 5. The van der Waals surface area contributed by atoms with Crippen LogP contribution in [0.25, 0.3) is 5.57 Å². The summed E-state index contributed by atoms with van der Waals surface area (Å²) in [4.78, 5) is 15.7. The molecule has 2 aromatic rings. The molecule has 0 bridgehead atoms. The molecule has 1 N–H and O–H groups in total. The van der Waals surface area contributed by atoms with E-state index in [0.717, 1.165) is 12.3 Å². The Balaban J connectivity index is 2.40. The van der Waals surface area contributed by atoms with E-state index in [0.29, 0.717) is 26.9 Å². The molecule has 1 aromatic carbocycles. The number of pyridine rings is 1. The van der Waals surface area contributed by atoms with Gasteiger partial charge in [-0.05, 0) is 37.6 Å². The van der Waals surface area contributed by atoms with Gasteiger partial charge in [0.25, 0.3) is 0 Å². The third-order valence-corrected chi connectivity index (χ3v) is 4.61. The molecular weight excluding hydrogens is 425 g/mol. The summed E-state index contributed by atoms with van der Waals surface area (Å²) in [5, 5.41) is 3.08. The number of nitrogens with zero attached hydrogens (tertiary/aromatic N) is 1. The fourth-order valence-electron chi connectivity index (χ4n) is 2.58. The van der Waals surface area contributed by atoms with Crippen molar-refractivity contribution in [2.45, 2.75) is 26.1 Å². The van der Waals surface area contributed by atoms with Gasteiger partial charge in [-0.1, -0.05) is 34.1 Å². The van der Waals surface area contributed by atoms with Crippen LogP contribution in [0.1, 0.15) is 36.7 Å². The first-order valence-electron chi connectivity index (χ1n) is 7.99. The van der Waals surface area contributed by atoms with Crippen molar-refractivity contribution in [3.8, 4) is 0 Å². The number of alkyl halides is 3. The predicted octanol–water partition coefficient (Wildman–Crippen LogP) is 5.12. The largest absolute Gasteiger partial charge is 0.465 e. The zero-order valence-electron chi connectivity index (χ0n) is 14.9. The molecule has 144 valence electrons. The average molecular weight is 443 g/mol. The summed E-state index contributed by atoms with van der Waals surface area (Å²) in [5.41, 5.74) is 0.822. The van der Waals surface area contributed by atoms with Crippen LogP contribution in [0.2, 0.25) is 0 Å². The van der Waals surface area contributed by atoms with Crippen molar-refractivity contribution in [3.63, 3.8) is 0 Å². The lowest BCUT2D eigenvalue weighted by Gasteiger charge is -2.20. The minimum atomic E-state index is -4.52. The van der Waals surface area contributed by atoms with E-state index in [1.165, 1.54) is 13.2 Å². The van der Waals surface area contributed by atoms with Gasteiger partial charge in [0, 0.05) is 28.0 Å². The van der Waals surface area contributed by atoms with Gasteiger partial charge in [-0.2, -0.15) is 13.2 Å². The van der Waals surface area contributed by atoms with Gasteiger partial charge in [-0.25, -0.2) is 4.79 Å². The molecule has 27 heavy (non-hydrogen) atoms. The summed E-state index contributed by atoms with van der Waals surface area (Å²) in [5.74, 6) is -0.551. The van der Waals surface area contributed by atoms with Crippen LogP contribution < -0.4 is 5.32 Å². The Morgan fingerprint density at radius 1 is 1.26 bits per heavy atom. The molecular formula is C19H18BrF3N2O2. The minimum absolute atomic E-state index is 0.293. The van der Waals surface area contributed by atoms with Crippen molar-refractivity contribution >= 4 is 27.5 Å². The highest BCUT2D eigenvalue weighted by Gasteiger charge is 2.32. The van der Waals surface area contributed by atoms with Crippen LogP contribution in [0.5, 0.6) is 0 Å². The van der Waals surface area contributed by atoms with Gasteiger partial charge < -0.3 is 10.1 Å². The summed E-state index contributed by atoms with van der Waals surface area (Å²) in [7, 11) is 1.27. The van der Waals surface area contributed by atoms with Crippen molar-refractivity contribution in [3.05, 3.63) is 69.6 Å². The zero-order chi connectivity index (χ0) is 20.2. The number of halogens is 4. The lowest BCUT2D eigenvalue weighted by atomic mass is 10.0. The number of carbonyl (C=O) groups excluding carboxylic acids is 1. The second-order valence-corrected chi connectivity index (χ2v) is 6.66. The van der Waals surface area contributed by atoms with Crippen LogP contribution in [0.4, 0.5) is 13.2 Å². The molecule has 0 fully saturated rings. The van der Waals surface area contributed by atoms with E-state index in [2.05, 4.69) is 26.2 Å². The summed E-state index contributed by atoms with van der Waals surface area (Å²) in [6.07, 6.45) is -3.41. The van der Waals surface area contributed by atoms with E-state index in [4.69, 9.17) is 4.74 Å². The van der Waals surface area contributed by atoms with Crippen LogP contribution in [0, 0.1) is 0 Å². The molecule has 1 heterocycles. The highest BCUT2D eigenvalue weighted by molar-refractivity contribution is 9.10. The van der Waals surface area contributed by atoms with Crippen LogP contribution in [0.3, 0.4) is 0 Å². The van der Waals surface area contributed by atoms with Crippen molar-refractivity contribution in [1.29, 1.82) is 0 Å². The molecule has 4 nitrogen and oxygen atoms in total. The molecule has 0 amide bonds. The lowest BCUT2D eigenvalue weighted by molar-refractivity contribution is -0.141. The topological polar surface area (TPSA) is 51.2 Å². The number of nitrogens with one attached hydrogen (secondary N) is 1. The second-order valence-electron chi connectivity index (χ2n) is 5.81. The number of esters is 1. The number of benzene rings is 1. The van der Waals surface area contributed by atoms with E-state index in [9.17, 15) is 18.0 Å². The van der Waals surface area contributed by atoms with Gasteiger partial charge in [0.1, 0.15) is 5.69 Å². The quantitative estimate of drug-likeness (QED) is 0.515. The Labute approximate surface area is 163 Å². The van der Waals surface area contributed by atoms with E-state index >= 15 is 0 Å². The Morgan fingerprint density at radius 2 is 1.93 bits per heavy atom. The molecule has 0 aliphatic heterocycles. The molecule has 0 saturated heterocycles. The number of hydrogen-bond acceptors (Lipinski definition) is 4. The highest BCUT2D eigenvalue weighted by Crippen LogP contribution is 2.30. The molecule has 8 heteroatoms. The van der Waals surface area contributed by atoms with Gasteiger partial charge >= 0.3 is 12.1 Å². The maximum Gasteiger partial charge on any atom is 0.433 e. The fraction of sp³-hybridized carbons (Fsp3) is 0.263. The predicted molar refractivity (Wildman–Crippen MR) is 99.5 cm³/mol. The summed E-state index contributed by atoms with van der Waals surface area (Å²) in [6, 6.07) is 9.11. The monoisotopic (exact) mass is 442 g/mol. The number of hydrogen-bond donors (Lipinski definition) is 1. The Bertz CT molecular complexity index is 866. The minimum Gasteiger partial charge on any atom is -0.465 e. The fourth-order valence-corrected chi connectivity index (χ4v) is 3.07. The third kappa shape index (κ3) is 5.09. The molecule has 1 atom stereocenters. The van der Waals surface area contributed by atoms with Crippen LogP contribution in [0.15, 0.2) is 52.8 Å². The highest BCUT2D eigenvalue weighted by atomic mass is 79.9. The summed E-state index contributed by atoms with van der Waals surface area (Å²) >= 11 is 3.40. The number of aromatic nitrogens is 1. The van der Waals surface area contributed by atoms with Crippen molar-refractivity contribution < 1.29 is 22.7 Å². The molecule has 0 saturated carbocycles. The summed E-state index contributed by atoms with van der Waals surface area (Å²) in [6.45, 7) is 3.38. The number of allylic oxidation sites excluding steroid dienone is 1. The van der Waals surface area contributed by atoms with Crippen LogP contribution in [-0.2, 0) is 15.7 Å². The van der Waals surface area contributed by atoms with Gasteiger partial charge in [0.05, 0.1) is 12.7 Å². The maximum atomic E-state index is 12.9. The van der Waals surface area contributed by atoms with E-state index in [1.807, 2.05) is 6.07 Å². The first-order valence-corrected chi connectivity index (χ1v) is 8.78. The lowest BCUT2D eigenvalue weighted by Crippen LogP contribution is -2.21. The molecule has 2 rings (SSSR count). The Hall–Kier alpha value is -2.35. The number of carbonyl (C=O) groups is 1. The van der Waals surface area contributed by atoms with Gasteiger partial charge in [0.2, 0.25) is 0 Å². The Morgan fingerprint density at radius 3 is 2.52 bits per heavy atom. The van der Waals surface area contributed by atoms with Gasteiger partial charge in [0.15, 0.2) is 0 Å². The second kappa shape index (κ2) is 8.56. The van der Waals surface area contributed by atoms with E-state index < -0.39 is 23.9 Å². The standard InChI is InChI=1S/C19H18BrF3N2O2/c1-11(13-8-9-24-16(10-13)19(21,22)23)25-12(2)17(18(26)27-3)14-6-4-5-7-15(14)20/h4-11,25H,1-3H3/b17-12-. The molecule has 1 unspecified atom stereocenters. The molecule has 0 aliphatic rings. The molecule has 0 aliphatic carbocycles. The normalized spacial score (nSPS) is 13.6. The first-order chi connectivity index (χ1) is 12.6. The number of ether oxygens (including phenoxy) is 1. The van der Waals surface area contributed by atoms with Gasteiger partial charge in [-0.15, -0.1) is 0 Å². The third-order valence-electron chi connectivity index (χ3n) is 3.92. The maximum absolute atomic E-state index is 12.9. The van der Waals surface area contributed by atoms with Crippen molar-refractivity contribution in [1.82, 2.24) is 10.3 Å². The van der Waals surface area contributed by atoms with Crippen molar-refractivity contribution in [2.24, 2.45) is 0 Å². The SMILES string of the molecule is COC(=O)/C(=C(/C)NC(C)c1ccnc(C(F)(F)F)c1)c1ccccc1Br. The van der Waals surface area contributed by atoms with Crippen LogP contribution in [-0.4, -0.2) is 18.1 Å². The molecule has 0 radical (unpaired) electrons. The average Bonchev–Trinajstić information content (AvgIpc) is 2.62. The number of methoxy groups -OCH3 is 1. The molecule has 1 aromatic heterocycles. The van der Waals surface area contributed by atoms with Crippen molar-refractivity contribution in [2.75, 3.05) is 7.11 Å². The van der Waals surface area contributed by atoms with E-state index in [-0.39, 0.29) is 0 Å². The smallest absolute Gasteiger partial charge is 0.433 e. The zero-order valence-corrected chi connectivity index (χ0v) is 16.5. The first kappa shape index (κ1) is 21.0. The van der Waals surface area contributed by atoms with Gasteiger partial charge in [-0.3, -0.25) is 4.98 Å². The van der Waals surface area contributed by atoms with Crippen LogP contribution >= 0.6 is 15.9 Å².